The van der Waals surface area contributed by atoms with E-state index in [9.17, 15) is 0 Å². The standard InChI is InChI=1S/C6H13ClO2.CH3NO2/c1-3-5(7)9-6(8)4-2;2-1(3)4/h5-6,8H,3-4H2,1-2H3;2H2,(H,3,4). The lowest BCUT2D eigenvalue weighted by molar-refractivity contribution is -0.113. The third kappa shape index (κ3) is 18.4. The number of ether oxygens (including phenoxy) is 1. The molecule has 0 rings (SSSR count). The van der Waals surface area contributed by atoms with Gasteiger partial charge in [-0.05, 0) is 12.8 Å². The van der Waals surface area contributed by atoms with Crippen molar-refractivity contribution in [3.8, 4) is 0 Å². The normalized spacial score (nSPS) is 13.8. The number of rotatable bonds is 4. The van der Waals surface area contributed by atoms with Crippen molar-refractivity contribution in [3.05, 3.63) is 0 Å². The summed E-state index contributed by atoms with van der Waals surface area (Å²) in [6.45, 7) is 3.74. The highest BCUT2D eigenvalue weighted by molar-refractivity contribution is 6.19. The molecule has 0 aromatic carbocycles. The van der Waals surface area contributed by atoms with Gasteiger partial charge < -0.3 is 20.7 Å². The van der Waals surface area contributed by atoms with E-state index in [1.807, 2.05) is 13.8 Å². The van der Waals surface area contributed by atoms with E-state index in [-0.39, 0.29) is 5.56 Å². The molecular formula is C7H16ClNO4. The molecule has 0 heterocycles. The second kappa shape index (κ2) is 9.57. The molecule has 2 unspecified atom stereocenters. The summed E-state index contributed by atoms with van der Waals surface area (Å²) in [7, 11) is 0. The van der Waals surface area contributed by atoms with Gasteiger partial charge in [0.1, 0.15) is 5.56 Å². The maximum Gasteiger partial charge on any atom is 0.402 e. The van der Waals surface area contributed by atoms with Gasteiger partial charge >= 0.3 is 6.09 Å². The molecule has 0 saturated carbocycles. The third-order valence-corrected chi connectivity index (χ3v) is 1.39. The molecule has 5 nitrogen and oxygen atoms in total. The monoisotopic (exact) mass is 213 g/mol. The molecule has 80 valence electrons. The number of primary amides is 1. The molecule has 0 radical (unpaired) electrons. The fourth-order valence-electron chi connectivity index (χ4n) is 0.363. The van der Waals surface area contributed by atoms with Crippen molar-refractivity contribution in [2.45, 2.75) is 38.5 Å². The highest BCUT2D eigenvalue weighted by atomic mass is 35.5. The molecule has 0 aliphatic rings. The van der Waals surface area contributed by atoms with E-state index in [0.29, 0.717) is 6.42 Å². The predicted molar refractivity (Wildman–Crippen MR) is 49.5 cm³/mol. The van der Waals surface area contributed by atoms with Gasteiger partial charge in [-0.2, -0.15) is 0 Å². The molecule has 13 heavy (non-hydrogen) atoms. The minimum Gasteiger partial charge on any atom is -0.465 e. The van der Waals surface area contributed by atoms with Crippen LogP contribution in [0.4, 0.5) is 4.79 Å². The Labute approximate surface area is 82.4 Å². The number of nitrogens with two attached hydrogens (primary N) is 1. The smallest absolute Gasteiger partial charge is 0.402 e. The Hall–Kier alpha value is -0.520. The minimum atomic E-state index is -1.33. The lowest BCUT2D eigenvalue weighted by atomic mass is 10.4. The summed E-state index contributed by atoms with van der Waals surface area (Å²) in [5, 5.41) is 16.0. The van der Waals surface area contributed by atoms with Crippen molar-refractivity contribution in [1.82, 2.24) is 0 Å². The maximum absolute atomic E-state index is 8.85. The lowest BCUT2D eigenvalue weighted by Crippen LogP contribution is -2.15. The summed E-state index contributed by atoms with van der Waals surface area (Å²) < 4.78 is 4.87. The highest BCUT2D eigenvalue weighted by Gasteiger charge is 2.06. The molecule has 4 N–H and O–H groups in total. The van der Waals surface area contributed by atoms with Gasteiger partial charge in [0.05, 0.1) is 0 Å². The third-order valence-electron chi connectivity index (χ3n) is 0.975. The molecule has 0 fully saturated rings. The molecule has 0 aromatic rings. The van der Waals surface area contributed by atoms with E-state index < -0.39 is 12.4 Å². The van der Waals surface area contributed by atoms with Crippen molar-refractivity contribution < 1.29 is 19.7 Å². The van der Waals surface area contributed by atoms with Crippen LogP contribution in [0.2, 0.25) is 0 Å². The van der Waals surface area contributed by atoms with Gasteiger partial charge in [-0.25, -0.2) is 4.79 Å². The number of aliphatic hydroxyl groups excluding tert-OH is 1. The van der Waals surface area contributed by atoms with Gasteiger partial charge in [0.25, 0.3) is 0 Å². The molecule has 0 saturated heterocycles. The quantitative estimate of drug-likeness (QED) is 0.485. The summed E-state index contributed by atoms with van der Waals surface area (Å²) in [6, 6.07) is 0. The van der Waals surface area contributed by atoms with Crippen molar-refractivity contribution in [2.75, 3.05) is 0 Å². The average Bonchev–Trinajstić information content (AvgIpc) is 2.03. The maximum atomic E-state index is 8.85. The van der Waals surface area contributed by atoms with Crippen LogP contribution in [-0.4, -0.2) is 28.2 Å². The Morgan fingerprint density at radius 1 is 1.54 bits per heavy atom. The largest absolute Gasteiger partial charge is 0.465 e. The molecule has 0 bridgehead atoms. The number of aliphatic hydroxyl groups is 1. The first kappa shape index (κ1) is 15.0. The molecule has 0 aromatic heterocycles. The number of carbonyl (C=O) groups is 1. The molecule has 1 amide bonds. The minimum absolute atomic E-state index is 0.347. The second-order valence-corrected chi connectivity index (χ2v) is 2.64. The summed E-state index contributed by atoms with van der Waals surface area (Å²) >= 11 is 5.56. The molecule has 0 aliphatic carbocycles. The van der Waals surface area contributed by atoms with Crippen LogP contribution in [0.3, 0.4) is 0 Å². The first-order valence-corrected chi connectivity index (χ1v) is 4.33. The summed E-state index contributed by atoms with van der Waals surface area (Å²) in [4.78, 5) is 8.78. The first-order chi connectivity index (χ1) is 5.93. The zero-order valence-corrected chi connectivity index (χ0v) is 8.49. The SMILES string of the molecule is CCC(O)OC(Cl)CC.NC(=O)O. The van der Waals surface area contributed by atoms with E-state index in [2.05, 4.69) is 5.73 Å². The molecular weight excluding hydrogens is 198 g/mol. The zero-order valence-electron chi connectivity index (χ0n) is 7.74. The van der Waals surface area contributed by atoms with Gasteiger partial charge in [-0.1, -0.05) is 25.4 Å². The lowest BCUT2D eigenvalue weighted by Gasteiger charge is -2.12. The van der Waals surface area contributed by atoms with Crippen molar-refractivity contribution >= 4 is 17.7 Å². The van der Waals surface area contributed by atoms with Gasteiger partial charge in [-0.3, -0.25) is 0 Å². The predicted octanol–water partition coefficient (Wildman–Crippen LogP) is 1.33. The Bertz CT molecular complexity index is 122. The fourth-order valence-corrected chi connectivity index (χ4v) is 0.482. The average molecular weight is 214 g/mol. The number of hydrogen-bond acceptors (Lipinski definition) is 3. The van der Waals surface area contributed by atoms with Crippen LogP contribution < -0.4 is 5.73 Å². The van der Waals surface area contributed by atoms with Crippen molar-refractivity contribution in [3.63, 3.8) is 0 Å². The van der Waals surface area contributed by atoms with E-state index in [1.165, 1.54) is 0 Å². The van der Waals surface area contributed by atoms with Crippen LogP contribution in [0.1, 0.15) is 26.7 Å². The van der Waals surface area contributed by atoms with E-state index in [0.717, 1.165) is 6.42 Å². The number of amides is 1. The Morgan fingerprint density at radius 2 is 1.92 bits per heavy atom. The van der Waals surface area contributed by atoms with Gasteiger partial charge in [0, 0.05) is 0 Å². The molecule has 0 aliphatic heterocycles. The van der Waals surface area contributed by atoms with E-state index >= 15 is 0 Å². The van der Waals surface area contributed by atoms with Crippen LogP contribution in [0.5, 0.6) is 0 Å². The number of halogens is 1. The highest BCUT2D eigenvalue weighted by Crippen LogP contribution is 2.06. The van der Waals surface area contributed by atoms with Gasteiger partial charge in [-0.15, -0.1) is 0 Å². The zero-order chi connectivity index (χ0) is 10.9. The molecule has 2 atom stereocenters. The fraction of sp³-hybridized carbons (Fsp3) is 0.857. The summed E-state index contributed by atoms with van der Waals surface area (Å²) in [5.74, 6) is 0. The van der Waals surface area contributed by atoms with Crippen LogP contribution in [0.15, 0.2) is 0 Å². The summed E-state index contributed by atoms with van der Waals surface area (Å²) in [6.07, 6.45) is -0.727. The van der Waals surface area contributed by atoms with Crippen LogP contribution in [0, 0.1) is 0 Å². The van der Waals surface area contributed by atoms with Crippen LogP contribution in [-0.2, 0) is 4.74 Å². The topological polar surface area (TPSA) is 92.8 Å². The van der Waals surface area contributed by atoms with Crippen LogP contribution in [0.25, 0.3) is 0 Å². The van der Waals surface area contributed by atoms with Crippen molar-refractivity contribution in [2.24, 2.45) is 5.73 Å². The van der Waals surface area contributed by atoms with E-state index in [4.69, 9.17) is 31.3 Å². The number of carboxylic acid groups (broad SMARTS) is 1. The van der Waals surface area contributed by atoms with E-state index in [1.54, 1.807) is 0 Å². The Kier molecular flexibility index (Phi) is 11.0. The second-order valence-electron chi connectivity index (χ2n) is 2.16. The molecule has 6 heteroatoms. The number of alkyl halides is 1. The first-order valence-electron chi connectivity index (χ1n) is 3.89. The molecule has 0 spiro atoms. The van der Waals surface area contributed by atoms with Gasteiger partial charge in [0.15, 0.2) is 6.29 Å². The van der Waals surface area contributed by atoms with Gasteiger partial charge in [0.2, 0.25) is 0 Å². The van der Waals surface area contributed by atoms with Crippen LogP contribution >= 0.6 is 11.6 Å². The number of hydrogen-bond donors (Lipinski definition) is 3. The Morgan fingerprint density at radius 3 is 2.15 bits per heavy atom. The summed E-state index contributed by atoms with van der Waals surface area (Å²) in [5.41, 5.74) is 3.68. The van der Waals surface area contributed by atoms with Crippen molar-refractivity contribution in [1.29, 1.82) is 0 Å². The Balaban J connectivity index is 0.